The predicted octanol–water partition coefficient (Wildman–Crippen LogP) is 6.81. The number of aromatic nitrogens is 2. The number of benzene rings is 2. The Balaban J connectivity index is 1.69. The summed E-state index contributed by atoms with van der Waals surface area (Å²) >= 11 is 3.50. The van der Waals surface area contributed by atoms with Crippen LogP contribution >= 0.6 is 15.9 Å². The number of nitrogens with zero attached hydrogens (tertiary/aromatic N) is 2. The van der Waals surface area contributed by atoms with E-state index in [2.05, 4.69) is 88.8 Å². The Morgan fingerprint density at radius 3 is 2.19 bits per heavy atom. The monoisotopic (exact) mass is 412 g/mol. The van der Waals surface area contributed by atoms with Gasteiger partial charge in [-0.1, -0.05) is 76.6 Å². The molecule has 1 aliphatic rings. The molecule has 4 aromatic rings. The molecule has 0 saturated heterocycles. The molecule has 2 aromatic heterocycles. The standard InChI is InChI=1S/C24H17BrN2/c25-20-12-8-17(9-13-20)22-15-11-19-7-6-18-10-14-21(16-4-2-1-3-5-16)26-23(18)24(19)27-22/h1-4,6-16H,5H2. The van der Waals surface area contributed by atoms with Gasteiger partial charge in [0.05, 0.1) is 16.7 Å². The van der Waals surface area contributed by atoms with Crippen LogP contribution in [0.3, 0.4) is 0 Å². The Hall–Kier alpha value is -2.78. The van der Waals surface area contributed by atoms with Gasteiger partial charge in [0.1, 0.15) is 0 Å². The fourth-order valence-corrected chi connectivity index (χ4v) is 3.83. The van der Waals surface area contributed by atoms with E-state index in [0.29, 0.717) is 5.92 Å². The zero-order valence-corrected chi connectivity index (χ0v) is 16.2. The van der Waals surface area contributed by atoms with Crippen LogP contribution in [0.25, 0.3) is 33.1 Å². The van der Waals surface area contributed by atoms with Crippen LogP contribution in [0.2, 0.25) is 0 Å². The number of allylic oxidation sites excluding steroid dienone is 4. The number of hydrogen-bond acceptors (Lipinski definition) is 2. The van der Waals surface area contributed by atoms with Crippen LogP contribution in [-0.2, 0) is 0 Å². The molecule has 0 saturated carbocycles. The quantitative estimate of drug-likeness (QED) is 0.337. The van der Waals surface area contributed by atoms with Crippen LogP contribution in [0.15, 0.2) is 89.4 Å². The summed E-state index contributed by atoms with van der Waals surface area (Å²) in [5.41, 5.74) is 5.12. The maximum Gasteiger partial charge on any atom is 0.0972 e. The lowest BCUT2D eigenvalue weighted by atomic mass is 9.96. The molecule has 2 heterocycles. The predicted molar refractivity (Wildman–Crippen MR) is 116 cm³/mol. The second-order valence-corrected chi connectivity index (χ2v) is 7.72. The first-order chi connectivity index (χ1) is 13.3. The van der Waals surface area contributed by atoms with Crippen LogP contribution in [-0.4, -0.2) is 9.97 Å². The average Bonchev–Trinajstić information content (AvgIpc) is 2.74. The summed E-state index contributed by atoms with van der Waals surface area (Å²) in [6.07, 6.45) is 9.62. The minimum absolute atomic E-state index is 0.337. The molecule has 2 nitrogen and oxygen atoms in total. The fourth-order valence-electron chi connectivity index (χ4n) is 3.57. The van der Waals surface area contributed by atoms with Gasteiger partial charge in [-0.2, -0.15) is 0 Å². The highest BCUT2D eigenvalue weighted by atomic mass is 79.9. The van der Waals surface area contributed by atoms with Gasteiger partial charge in [0, 0.05) is 32.4 Å². The Bertz CT molecular complexity index is 1210. The van der Waals surface area contributed by atoms with Crippen molar-refractivity contribution in [3.8, 4) is 11.3 Å². The molecular formula is C24H17BrN2. The van der Waals surface area contributed by atoms with Crippen molar-refractivity contribution in [1.82, 2.24) is 9.97 Å². The minimum Gasteiger partial charge on any atom is -0.250 e. The summed E-state index contributed by atoms with van der Waals surface area (Å²) in [4.78, 5) is 10.0. The molecule has 0 radical (unpaired) electrons. The SMILES string of the molecule is Brc1ccc(-c2ccc3ccc4ccc(C5C=CC=CC5)nc4c3n2)cc1. The van der Waals surface area contributed by atoms with E-state index in [-0.39, 0.29) is 0 Å². The molecule has 0 amide bonds. The molecule has 2 aromatic carbocycles. The zero-order valence-electron chi connectivity index (χ0n) is 14.6. The van der Waals surface area contributed by atoms with Crippen molar-refractivity contribution in [2.24, 2.45) is 0 Å². The largest absolute Gasteiger partial charge is 0.250 e. The van der Waals surface area contributed by atoms with E-state index in [0.717, 1.165) is 49.7 Å². The van der Waals surface area contributed by atoms with Crippen molar-refractivity contribution in [3.63, 3.8) is 0 Å². The van der Waals surface area contributed by atoms with Gasteiger partial charge in [0.25, 0.3) is 0 Å². The number of hydrogen-bond donors (Lipinski definition) is 0. The summed E-state index contributed by atoms with van der Waals surface area (Å²) < 4.78 is 1.07. The van der Waals surface area contributed by atoms with E-state index >= 15 is 0 Å². The van der Waals surface area contributed by atoms with Gasteiger partial charge >= 0.3 is 0 Å². The summed E-state index contributed by atoms with van der Waals surface area (Å²) in [5.74, 6) is 0.337. The second kappa shape index (κ2) is 6.75. The Kier molecular flexibility index (Phi) is 4.10. The van der Waals surface area contributed by atoms with Crippen LogP contribution in [0.4, 0.5) is 0 Å². The van der Waals surface area contributed by atoms with Crippen molar-refractivity contribution in [1.29, 1.82) is 0 Å². The third-order valence-corrected chi connectivity index (χ3v) is 5.57. The molecule has 0 N–H and O–H groups in total. The van der Waals surface area contributed by atoms with Gasteiger partial charge in [-0.25, -0.2) is 9.97 Å². The van der Waals surface area contributed by atoms with Gasteiger partial charge in [-0.15, -0.1) is 0 Å². The van der Waals surface area contributed by atoms with Crippen molar-refractivity contribution in [2.75, 3.05) is 0 Å². The molecule has 0 bridgehead atoms. The maximum absolute atomic E-state index is 5.02. The molecule has 1 atom stereocenters. The van der Waals surface area contributed by atoms with E-state index < -0.39 is 0 Å². The third-order valence-electron chi connectivity index (χ3n) is 5.04. The molecule has 1 unspecified atom stereocenters. The van der Waals surface area contributed by atoms with E-state index in [4.69, 9.17) is 9.97 Å². The molecule has 27 heavy (non-hydrogen) atoms. The van der Waals surface area contributed by atoms with E-state index in [1.807, 2.05) is 12.1 Å². The van der Waals surface area contributed by atoms with Crippen molar-refractivity contribution in [3.05, 3.63) is 95.1 Å². The van der Waals surface area contributed by atoms with Gasteiger partial charge < -0.3 is 0 Å². The lowest BCUT2D eigenvalue weighted by Gasteiger charge is -2.14. The maximum atomic E-state index is 5.02. The molecule has 130 valence electrons. The molecule has 0 spiro atoms. The number of pyridine rings is 2. The van der Waals surface area contributed by atoms with Crippen LogP contribution in [0.5, 0.6) is 0 Å². The summed E-state index contributed by atoms with van der Waals surface area (Å²) in [6, 6.07) is 21.0. The molecule has 0 aliphatic heterocycles. The van der Waals surface area contributed by atoms with Gasteiger partial charge in [-0.3, -0.25) is 0 Å². The number of fused-ring (bicyclic) bond motifs is 3. The summed E-state index contributed by atoms with van der Waals surface area (Å²) in [6.45, 7) is 0. The Morgan fingerprint density at radius 2 is 1.44 bits per heavy atom. The highest BCUT2D eigenvalue weighted by Gasteiger charge is 2.13. The summed E-state index contributed by atoms with van der Waals surface area (Å²) in [5, 5.41) is 2.24. The van der Waals surface area contributed by atoms with E-state index in [1.54, 1.807) is 0 Å². The van der Waals surface area contributed by atoms with Gasteiger partial charge in [0.2, 0.25) is 0 Å². The van der Waals surface area contributed by atoms with Crippen molar-refractivity contribution < 1.29 is 0 Å². The molecule has 1 aliphatic carbocycles. The first kappa shape index (κ1) is 16.4. The first-order valence-electron chi connectivity index (χ1n) is 9.08. The smallest absolute Gasteiger partial charge is 0.0972 e. The Labute approximate surface area is 166 Å². The van der Waals surface area contributed by atoms with Crippen molar-refractivity contribution >= 4 is 37.7 Å². The number of rotatable bonds is 2. The normalized spacial score (nSPS) is 16.3. The third kappa shape index (κ3) is 3.08. The van der Waals surface area contributed by atoms with E-state index in [9.17, 15) is 0 Å². The molecular weight excluding hydrogens is 396 g/mol. The molecule has 3 heteroatoms. The van der Waals surface area contributed by atoms with Crippen molar-refractivity contribution in [2.45, 2.75) is 12.3 Å². The lowest BCUT2D eigenvalue weighted by Crippen LogP contribution is -2.00. The average molecular weight is 413 g/mol. The molecule has 0 fully saturated rings. The fraction of sp³-hybridized carbons (Fsp3) is 0.0833. The highest BCUT2D eigenvalue weighted by Crippen LogP contribution is 2.30. The topological polar surface area (TPSA) is 25.8 Å². The van der Waals surface area contributed by atoms with Crippen LogP contribution in [0, 0.1) is 0 Å². The summed E-state index contributed by atoms with van der Waals surface area (Å²) in [7, 11) is 0. The molecule has 5 rings (SSSR count). The first-order valence-corrected chi connectivity index (χ1v) is 9.87. The zero-order chi connectivity index (χ0) is 18.2. The van der Waals surface area contributed by atoms with Crippen LogP contribution in [0.1, 0.15) is 18.0 Å². The highest BCUT2D eigenvalue weighted by molar-refractivity contribution is 9.10. The van der Waals surface area contributed by atoms with E-state index in [1.165, 1.54) is 0 Å². The van der Waals surface area contributed by atoms with Gasteiger partial charge in [-0.05, 0) is 30.7 Å². The Morgan fingerprint density at radius 1 is 0.741 bits per heavy atom. The number of halogens is 1. The minimum atomic E-state index is 0.337. The lowest BCUT2D eigenvalue weighted by molar-refractivity contribution is 0.822. The second-order valence-electron chi connectivity index (χ2n) is 6.80. The van der Waals surface area contributed by atoms with Crippen LogP contribution < -0.4 is 0 Å². The van der Waals surface area contributed by atoms with Gasteiger partial charge in [0.15, 0.2) is 0 Å².